The Morgan fingerprint density at radius 3 is 1.79 bits per heavy atom. The minimum atomic E-state index is -1.50. The first-order valence-electron chi connectivity index (χ1n) is 7.89. The highest BCUT2D eigenvalue weighted by molar-refractivity contribution is 7.76. The van der Waals surface area contributed by atoms with Gasteiger partial charge in [0.25, 0.3) is 11.4 Å². The molecule has 0 saturated heterocycles. The molecule has 0 aromatic rings. The van der Waals surface area contributed by atoms with Crippen molar-refractivity contribution in [2.24, 2.45) is 0 Å². The fourth-order valence-corrected chi connectivity index (χ4v) is 3.63. The van der Waals surface area contributed by atoms with Gasteiger partial charge in [-0.3, -0.25) is 4.18 Å². The first-order chi connectivity index (χ1) is 9.16. The standard InChI is InChI=1S/C14H32O3SSi/c1-4-5-6-7-8-9-10-11-12-13-14-16-18(15)17-19(2)3/h19H,4-14H2,1-3H3. The van der Waals surface area contributed by atoms with E-state index in [0.29, 0.717) is 6.61 Å². The molecule has 0 radical (unpaired) electrons. The van der Waals surface area contributed by atoms with E-state index in [1.165, 1.54) is 57.8 Å². The van der Waals surface area contributed by atoms with E-state index in [1.54, 1.807) is 0 Å². The third-order valence-corrected chi connectivity index (χ3v) is 5.48. The third-order valence-electron chi connectivity index (χ3n) is 2.95. The maximum Gasteiger partial charge on any atom is 0.293 e. The van der Waals surface area contributed by atoms with Crippen molar-refractivity contribution in [2.75, 3.05) is 6.61 Å². The van der Waals surface area contributed by atoms with Crippen LogP contribution in [0.5, 0.6) is 0 Å². The van der Waals surface area contributed by atoms with Gasteiger partial charge < -0.3 is 3.87 Å². The molecule has 0 amide bonds. The second-order valence-electron chi connectivity index (χ2n) is 5.35. The molecule has 0 N–H and O–H groups in total. The molecule has 0 aliphatic heterocycles. The van der Waals surface area contributed by atoms with Crippen molar-refractivity contribution in [1.82, 2.24) is 0 Å². The molecule has 3 nitrogen and oxygen atoms in total. The third kappa shape index (κ3) is 16.2. The molecule has 1 unspecified atom stereocenters. The zero-order chi connectivity index (χ0) is 14.3. The molecule has 0 aromatic carbocycles. The Kier molecular flexibility index (Phi) is 14.9. The molecule has 5 heteroatoms. The SMILES string of the molecule is CCCCCCCCCCCCOS(=O)O[SiH](C)C. The molecule has 116 valence electrons. The molecule has 0 aliphatic carbocycles. The van der Waals surface area contributed by atoms with Crippen LogP contribution in [-0.2, 0) is 19.4 Å². The van der Waals surface area contributed by atoms with E-state index in [-0.39, 0.29) is 0 Å². The van der Waals surface area contributed by atoms with Gasteiger partial charge >= 0.3 is 0 Å². The Balaban J connectivity index is 3.08. The van der Waals surface area contributed by atoms with Crippen LogP contribution in [0.3, 0.4) is 0 Å². The van der Waals surface area contributed by atoms with Gasteiger partial charge in [-0.25, -0.2) is 0 Å². The van der Waals surface area contributed by atoms with E-state index >= 15 is 0 Å². The lowest BCUT2D eigenvalue weighted by Crippen LogP contribution is -2.12. The molecule has 0 rings (SSSR count). The van der Waals surface area contributed by atoms with E-state index in [4.69, 9.17) is 8.06 Å². The molecule has 0 fully saturated rings. The lowest BCUT2D eigenvalue weighted by atomic mass is 10.1. The lowest BCUT2D eigenvalue weighted by molar-refractivity contribution is 0.300. The van der Waals surface area contributed by atoms with Gasteiger partial charge in [-0.05, 0) is 19.5 Å². The topological polar surface area (TPSA) is 35.5 Å². The van der Waals surface area contributed by atoms with E-state index in [1.807, 2.05) is 13.1 Å². The molecule has 0 saturated carbocycles. The van der Waals surface area contributed by atoms with E-state index in [9.17, 15) is 4.21 Å². The Hall–Kier alpha value is 0.287. The largest absolute Gasteiger partial charge is 0.318 e. The summed E-state index contributed by atoms with van der Waals surface area (Å²) in [5, 5.41) is 0. The molecule has 1 atom stereocenters. The van der Waals surface area contributed by atoms with Crippen LogP contribution >= 0.6 is 0 Å². The van der Waals surface area contributed by atoms with Crippen molar-refractivity contribution < 1.29 is 12.3 Å². The van der Waals surface area contributed by atoms with Crippen LogP contribution in [-0.4, -0.2) is 19.9 Å². The lowest BCUT2D eigenvalue weighted by Gasteiger charge is -2.06. The molecule has 0 bridgehead atoms. The van der Waals surface area contributed by atoms with E-state index < -0.39 is 20.4 Å². The normalized spacial score (nSPS) is 13.1. The van der Waals surface area contributed by atoms with Crippen LogP contribution in [0, 0.1) is 0 Å². The number of hydrogen-bond acceptors (Lipinski definition) is 3. The number of rotatable bonds is 14. The summed E-state index contributed by atoms with van der Waals surface area (Å²) in [7, 11) is -1.24. The van der Waals surface area contributed by atoms with Gasteiger partial charge in [0, 0.05) is 0 Å². The summed E-state index contributed by atoms with van der Waals surface area (Å²) in [6.45, 7) is 6.79. The molecule has 19 heavy (non-hydrogen) atoms. The maximum absolute atomic E-state index is 11.2. The predicted octanol–water partition coefficient (Wildman–Crippen LogP) is 4.50. The zero-order valence-electron chi connectivity index (χ0n) is 13.0. The van der Waals surface area contributed by atoms with Crippen molar-refractivity contribution in [3.8, 4) is 0 Å². The van der Waals surface area contributed by atoms with Gasteiger partial charge in [0.15, 0.2) is 9.04 Å². The van der Waals surface area contributed by atoms with E-state index in [0.717, 1.165) is 6.42 Å². The summed E-state index contributed by atoms with van der Waals surface area (Å²) in [4.78, 5) is 0. The molecule has 0 aliphatic rings. The van der Waals surface area contributed by atoms with Gasteiger partial charge in [-0.1, -0.05) is 64.7 Å². The van der Waals surface area contributed by atoms with Crippen LogP contribution in [0.4, 0.5) is 0 Å². The Morgan fingerprint density at radius 1 is 0.842 bits per heavy atom. The van der Waals surface area contributed by atoms with E-state index in [2.05, 4.69) is 6.92 Å². The van der Waals surface area contributed by atoms with Gasteiger partial charge in [0.2, 0.25) is 0 Å². The predicted molar refractivity (Wildman–Crippen MR) is 85.9 cm³/mol. The highest BCUT2D eigenvalue weighted by Gasteiger charge is 2.04. The van der Waals surface area contributed by atoms with Crippen LogP contribution in [0.2, 0.25) is 13.1 Å². The fourth-order valence-electron chi connectivity index (χ4n) is 1.90. The Bertz CT molecular complexity index is 213. The summed E-state index contributed by atoms with van der Waals surface area (Å²) in [6.07, 6.45) is 13.0. The van der Waals surface area contributed by atoms with Gasteiger partial charge in [0.05, 0.1) is 6.61 Å². The van der Waals surface area contributed by atoms with Gasteiger partial charge in [-0.15, -0.1) is 0 Å². The summed E-state index contributed by atoms with van der Waals surface area (Å²) < 4.78 is 21.5. The highest BCUT2D eigenvalue weighted by atomic mass is 32.2. The minimum absolute atomic E-state index is 0.560. The summed E-state index contributed by atoms with van der Waals surface area (Å²) in [5.41, 5.74) is 0. The van der Waals surface area contributed by atoms with Crippen LogP contribution in [0.25, 0.3) is 0 Å². The molecule has 0 spiro atoms. The molecular weight excluding hydrogens is 276 g/mol. The van der Waals surface area contributed by atoms with Crippen LogP contribution < -0.4 is 0 Å². The first kappa shape index (κ1) is 19.3. The maximum atomic E-state index is 11.2. The van der Waals surface area contributed by atoms with Crippen molar-refractivity contribution in [3.05, 3.63) is 0 Å². The molecule has 0 heterocycles. The van der Waals surface area contributed by atoms with Crippen molar-refractivity contribution >= 4 is 20.4 Å². The first-order valence-corrected chi connectivity index (χ1v) is 11.7. The monoisotopic (exact) mass is 308 g/mol. The minimum Gasteiger partial charge on any atom is -0.318 e. The van der Waals surface area contributed by atoms with Crippen LogP contribution in [0.1, 0.15) is 71.1 Å². The van der Waals surface area contributed by atoms with Gasteiger partial charge in [0.1, 0.15) is 0 Å². The molecule has 0 aromatic heterocycles. The smallest absolute Gasteiger partial charge is 0.293 e. The number of hydrogen-bond donors (Lipinski definition) is 0. The van der Waals surface area contributed by atoms with Crippen molar-refractivity contribution in [1.29, 1.82) is 0 Å². The zero-order valence-corrected chi connectivity index (χ0v) is 15.0. The quantitative estimate of drug-likeness (QED) is 0.350. The average molecular weight is 309 g/mol. The fraction of sp³-hybridized carbons (Fsp3) is 1.00. The Morgan fingerprint density at radius 2 is 1.32 bits per heavy atom. The van der Waals surface area contributed by atoms with Crippen molar-refractivity contribution in [2.45, 2.75) is 84.2 Å². The highest BCUT2D eigenvalue weighted by Crippen LogP contribution is 2.10. The van der Waals surface area contributed by atoms with Crippen molar-refractivity contribution in [3.63, 3.8) is 0 Å². The summed E-state index contributed by atoms with van der Waals surface area (Å²) >= 11 is -1.50. The van der Waals surface area contributed by atoms with Gasteiger partial charge in [-0.2, -0.15) is 4.21 Å². The summed E-state index contributed by atoms with van der Waals surface area (Å²) in [6, 6.07) is 0. The summed E-state index contributed by atoms with van der Waals surface area (Å²) in [5.74, 6) is 0. The van der Waals surface area contributed by atoms with Crippen LogP contribution in [0.15, 0.2) is 0 Å². The second-order valence-corrected chi connectivity index (χ2v) is 8.86. The molecular formula is C14H32O3SSi. The average Bonchev–Trinajstić information content (AvgIpc) is 2.35. The Labute approximate surface area is 124 Å². The number of unbranched alkanes of at least 4 members (excludes halogenated alkanes) is 9. The second kappa shape index (κ2) is 14.7.